The number of anilines is 2. The van der Waals surface area contributed by atoms with Gasteiger partial charge < -0.3 is 5.32 Å². The van der Waals surface area contributed by atoms with Crippen LogP contribution in [0.4, 0.5) is 15.2 Å². The molecule has 138 valence electrons. The fraction of sp³-hybridized carbons (Fsp3) is 0.105. The molecule has 0 aliphatic heterocycles. The highest BCUT2D eigenvalue weighted by atomic mass is 32.1. The predicted molar refractivity (Wildman–Crippen MR) is 109 cm³/mol. The summed E-state index contributed by atoms with van der Waals surface area (Å²) < 4.78 is 14.3. The standard InChI is InChI=1S/C19H16FN3O2S2/c1-11-7-8-26-17(11)5-6-18(25)23-19-22-16(10-27-19)14-4-3-13(9-15(14)20)21-12(2)24/h3-10H,1-2H3,(H,21,24)(H,22,23,25)/b6-5+. The molecule has 1 aromatic carbocycles. The van der Waals surface area contributed by atoms with Crippen molar-refractivity contribution in [2.75, 3.05) is 10.6 Å². The van der Waals surface area contributed by atoms with Gasteiger partial charge in [0.15, 0.2) is 5.13 Å². The summed E-state index contributed by atoms with van der Waals surface area (Å²) >= 11 is 2.77. The lowest BCUT2D eigenvalue weighted by atomic mass is 10.1. The van der Waals surface area contributed by atoms with Gasteiger partial charge in [-0.15, -0.1) is 22.7 Å². The predicted octanol–water partition coefficient (Wildman–Crippen LogP) is 4.93. The smallest absolute Gasteiger partial charge is 0.250 e. The molecule has 0 aliphatic rings. The highest BCUT2D eigenvalue weighted by Gasteiger charge is 2.12. The number of nitrogens with zero attached hydrogens (tertiary/aromatic N) is 1. The summed E-state index contributed by atoms with van der Waals surface area (Å²) in [4.78, 5) is 28.4. The van der Waals surface area contributed by atoms with E-state index in [2.05, 4.69) is 15.6 Å². The van der Waals surface area contributed by atoms with E-state index in [-0.39, 0.29) is 11.8 Å². The largest absolute Gasteiger partial charge is 0.326 e. The number of nitrogens with one attached hydrogen (secondary N) is 2. The highest BCUT2D eigenvalue weighted by molar-refractivity contribution is 7.14. The minimum absolute atomic E-state index is 0.272. The Kier molecular flexibility index (Phi) is 5.78. The molecule has 0 unspecified atom stereocenters. The van der Waals surface area contributed by atoms with Crippen molar-refractivity contribution >= 4 is 51.4 Å². The van der Waals surface area contributed by atoms with E-state index in [0.29, 0.717) is 22.1 Å². The van der Waals surface area contributed by atoms with E-state index in [1.54, 1.807) is 34.9 Å². The summed E-state index contributed by atoms with van der Waals surface area (Å²) in [6.45, 7) is 3.34. The van der Waals surface area contributed by atoms with Crippen LogP contribution in [0.1, 0.15) is 17.4 Å². The van der Waals surface area contributed by atoms with Crippen molar-refractivity contribution in [2.24, 2.45) is 0 Å². The molecule has 2 N–H and O–H groups in total. The summed E-state index contributed by atoms with van der Waals surface area (Å²) in [5, 5.41) is 9.21. The van der Waals surface area contributed by atoms with Gasteiger partial charge in [0, 0.05) is 34.5 Å². The van der Waals surface area contributed by atoms with Crippen molar-refractivity contribution in [3.8, 4) is 11.3 Å². The maximum atomic E-state index is 14.3. The van der Waals surface area contributed by atoms with Gasteiger partial charge in [-0.3, -0.25) is 14.9 Å². The molecular weight excluding hydrogens is 385 g/mol. The molecule has 0 saturated heterocycles. The first-order valence-corrected chi connectivity index (χ1v) is 9.74. The van der Waals surface area contributed by atoms with Crippen LogP contribution in [0.15, 0.2) is 41.1 Å². The van der Waals surface area contributed by atoms with Crippen LogP contribution in [-0.4, -0.2) is 16.8 Å². The van der Waals surface area contributed by atoms with Crippen LogP contribution in [0.2, 0.25) is 0 Å². The molecule has 0 aliphatic carbocycles. The first-order chi connectivity index (χ1) is 12.9. The van der Waals surface area contributed by atoms with Crippen molar-refractivity contribution in [1.82, 2.24) is 4.98 Å². The third kappa shape index (κ3) is 4.87. The summed E-state index contributed by atoms with van der Waals surface area (Å²) in [6, 6.07) is 6.37. The number of aromatic nitrogens is 1. The third-order valence-electron chi connectivity index (χ3n) is 3.59. The summed E-state index contributed by atoms with van der Waals surface area (Å²) in [5.41, 5.74) is 2.20. The number of carbonyl (C=O) groups is 2. The first kappa shape index (κ1) is 18.9. The van der Waals surface area contributed by atoms with E-state index in [4.69, 9.17) is 0 Å². The van der Waals surface area contributed by atoms with Crippen molar-refractivity contribution in [3.63, 3.8) is 0 Å². The Balaban J connectivity index is 1.69. The Labute approximate surface area is 163 Å². The highest BCUT2D eigenvalue weighted by Crippen LogP contribution is 2.28. The molecule has 27 heavy (non-hydrogen) atoms. The Hall–Kier alpha value is -2.84. The Bertz CT molecular complexity index is 1020. The van der Waals surface area contributed by atoms with Crippen LogP contribution in [-0.2, 0) is 9.59 Å². The monoisotopic (exact) mass is 401 g/mol. The Morgan fingerprint density at radius 3 is 2.67 bits per heavy atom. The van der Waals surface area contributed by atoms with Crippen molar-refractivity contribution in [3.05, 3.63) is 57.4 Å². The molecule has 2 aromatic heterocycles. The maximum absolute atomic E-state index is 14.3. The van der Waals surface area contributed by atoms with E-state index in [1.165, 1.54) is 30.4 Å². The Morgan fingerprint density at radius 1 is 1.19 bits per heavy atom. The second kappa shape index (κ2) is 8.24. The van der Waals surface area contributed by atoms with Crippen molar-refractivity contribution in [1.29, 1.82) is 0 Å². The molecule has 0 spiro atoms. The first-order valence-electron chi connectivity index (χ1n) is 7.98. The fourth-order valence-electron chi connectivity index (χ4n) is 2.31. The van der Waals surface area contributed by atoms with Gasteiger partial charge in [-0.1, -0.05) is 0 Å². The van der Waals surface area contributed by atoms with E-state index < -0.39 is 5.82 Å². The van der Waals surface area contributed by atoms with Crippen LogP contribution in [0.3, 0.4) is 0 Å². The van der Waals surface area contributed by atoms with E-state index in [9.17, 15) is 14.0 Å². The molecule has 5 nitrogen and oxygen atoms in total. The minimum atomic E-state index is -0.502. The van der Waals surface area contributed by atoms with E-state index in [0.717, 1.165) is 10.4 Å². The number of amides is 2. The number of rotatable bonds is 5. The zero-order valence-electron chi connectivity index (χ0n) is 14.6. The van der Waals surface area contributed by atoms with Crippen LogP contribution >= 0.6 is 22.7 Å². The number of thiophene rings is 1. The summed E-state index contributed by atoms with van der Waals surface area (Å²) in [5.74, 6) is -1.07. The van der Waals surface area contributed by atoms with Crippen LogP contribution in [0, 0.1) is 12.7 Å². The number of hydrogen-bond donors (Lipinski definition) is 2. The van der Waals surface area contributed by atoms with Gasteiger partial charge in [0.1, 0.15) is 5.82 Å². The molecule has 3 rings (SSSR count). The zero-order chi connectivity index (χ0) is 19.4. The van der Waals surface area contributed by atoms with Crippen LogP contribution < -0.4 is 10.6 Å². The average molecular weight is 401 g/mol. The lowest BCUT2D eigenvalue weighted by molar-refractivity contribution is -0.114. The second-order valence-corrected chi connectivity index (χ2v) is 7.51. The number of halogens is 1. The van der Waals surface area contributed by atoms with Crippen LogP contribution in [0.25, 0.3) is 17.3 Å². The van der Waals surface area contributed by atoms with Gasteiger partial charge in [-0.05, 0) is 48.2 Å². The quantitative estimate of drug-likeness (QED) is 0.596. The summed E-state index contributed by atoms with van der Waals surface area (Å²) in [6.07, 6.45) is 3.20. The molecule has 0 bridgehead atoms. The van der Waals surface area contributed by atoms with E-state index >= 15 is 0 Å². The van der Waals surface area contributed by atoms with E-state index in [1.807, 2.05) is 18.4 Å². The molecule has 3 aromatic rings. The van der Waals surface area contributed by atoms with Gasteiger partial charge in [0.2, 0.25) is 11.8 Å². The topological polar surface area (TPSA) is 71.1 Å². The van der Waals surface area contributed by atoms with Gasteiger partial charge in [0.05, 0.1) is 5.69 Å². The molecule has 0 fully saturated rings. The molecule has 0 atom stereocenters. The third-order valence-corrected chi connectivity index (χ3v) is 5.33. The zero-order valence-corrected chi connectivity index (χ0v) is 16.2. The molecule has 0 saturated carbocycles. The number of aryl methyl sites for hydroxylation is 1. The molecule has 2 amide bonds. The Morgan fingerprint density at radius 2 is 2.00 bits per heavy atom. The second-order valence-electron chi connectivity index (χ2n) is 5.70. The van der Waals surface area contributed by atoms with Gasteiger partial charge in [-0.2, -0.15) is 0 Å². The van der Waals surface area contributed by atoms with Gasteiger partial charge in [0.25, 0.3) is 0 Å². The maximum Gasteiger partial charge on any atom is 0.250 e. The number of carbonyl (C=O) groups excluding carboxylic acids is 2. The number of thiazole rings is 1. The lowest BCUT2D eigenvalue weighted by Gasteiger charge is -2.04. The number of benzene rings is 1. The van der Waals surface area contributed by atoms with Crippen molar-refractivity contribution in [2.45, 2.75) is 13.8 Å². The van der Waals surface area contributed by atoms with Gasteiger partial charge >= 0.3 is 0 Å². The SMILES string of the molecule is CC(=O)Nc1ccc(-c2csc(NC(=O)/C=C/c3sccc3C)n2)c(F)c1. The summed E-state index contributed by atoms with van der Waals surface area (Å²) in [7, 11) is 0. The van der Waals surface area contributed by atoms with Crippen LogP contribution in [0.5, 0.6) is 0 Å². The molecule has 0 radical (unpaired) electrons. The number of hydrogen-bond acceptors (Lipinski definition) is 5. The average Bonchev–Trinajstić information content (AvgIpc) is 3.21. The molecular formula is C19H16FN3O2S2. The fourth-order valence-corrected chi connectivity index (χ4v) is 3.85. The lowest BCUT2D eigenvalue weighted by Crippen LogP contribution is -2.07. The van der Waals surface area contributed by atoms with Crippen molar-refractivity contribution < 1.29 is 14.0 Å². The molecule has 2 heterocycles. The molecule has 8 heteroatoms. The minimum Gasteiger partial charge on any atom is -0.326 e. The van der Waals surface area contributed by atoms with Gasteiger partial charge in [-0.25, -0.2) is 9.37 Å². The normalized spacial score (nSPS) is 10.9.